The van der Waals surface area contributed by atoms with E-state index in [9.17, 15) is 4.39 Å². The second-order valence-electron chi connectivity index (χ2n) is 8.96. The van der Waals surface area contributed by atoms with Gasteiger partial charge in [-0.2, -0.15) is 0 Å². The van der Waals surface area contributed by atoms with Crippen molar-refractivity contribution in [3.05, 3.63) is 133 Å². The van der Waals surface area contributed by atoms with Crippen LogP contribution in [-0.4, -0.2) is 16.3 Å². The van der Waals surface area contributed by atoms with Crippen LogP contribution in [0.4, 0.5) is 4.39 Å². The van der Waals surface area contributed by atoms with Crippen LogP contribution in [0.1, 0.15) is 25.3 Å². The van der Waals surface area contributed by atoms with E-state index in [0.717, 1.165) is 22.5 Å². The maximum Gasteiger partial charge on any atom is 0.209 e. The number of benzene rings is 4. The summed E-state index contributed by atoms with van der Waals surface area (Å²) in [5.41, 5.74) is 6.78. The zero-order chi connectivity index (χ0) is 25.2. The van der Waals surface area contributed by atoms with Gasteiger partial charge < -0.3 is 0 Å². The SMILES string of the molecule is CCCCB(c1ccccc1)c1ccccc1.Cc1cc(F)ccc1-n1cncc1-c1ccccc1. The Kier molecular flexibility index (Phi) is 8.88. The van der Waals surface area contributed by atoms with Crippen molar-refractivity contribution in [1.82, 2.24) is 9.55 Å². The van der Waals surface area contributed by atoms with Gasteiger partial charge in [-0.15, -0.1) is 0 Å². The third kappa shape index (κ3) is 6.39. The first-order valence-corrected chi connectivity index (χ1v) is 12.6. The molecule has 4 aromatic carbocycles. The molecule has 5 rings (SSSR count). The Bertz CT molecular complexity index is 1300. The lowest BCUT2D eigenvalue weighted by Gasteiger charge is -2.14. The van der Waals surface area contributed by atoms with Crippen LogP contribution in [0.25, 0.3) is 16.9 Å². The van der Waals surface area contributed by atoms with Gasteiger partial charge in [0.1, 0.15) is 5.82 Å². The van der Waals surface area contributed by atoms with E-state index in [1.807, 2.05) is 48.0 Å². The van der Waals surface area contributed by atoms with E-state index in [2.05, 4.69) is 72.6 Å². The largest absolute Gasteiger partial charge is 0.299 e. The number of nitrogens with zero attached hydrogens (tertiary/aromatic N) is 2. The molecule has 0 aliphatic rings. The zero-order valence-electron chi connectivity index (χ0n) is 21.0. The molecule has 1 aromatic heterocycles. The number of imidazole rings is 1. The molecule has 36 heavy (non-hydrogen) atoms. The fourth-order valence-corrected chi connectivity index (χ4v) is 4.50. The number of hydrogen-bond donors (Lipinski definition) is 0. The molecule has 1 heterocycles. The minimum absolute atomic E-state index is 0.220. The van der Waals surface area contributed by atoms with E-state index >= 15 is 0 Å². The van der Waals surface area contributed by atoms with Gasteiger partial charge in [-0.1, -0.05) is 128 Å². The molecule has 0 spiro atoms. The van der Waals surface area contributed by atoms with Gasteiger partial charge in [0.2, 0.25) is 6.71 Å². The van der Waals surface area contributed by atoms with Crippen molar-refractivity contribution in [3.8, 4) is 16.9 Å². The fraction of sp³-hybridized carbons (Fsp3) is 0.156. The molecule has 5 aromatic rings. The van der Waals surface area contributed by atoms with Gasteiger partial charge in [0.15, 0.2) is 0 Å². The molecule has 0 aliphatic carbocycles. The number of hydrogen-bond acceptors (Lipinski definition) is 1. The zero-order valence-corrected chi connectivity index (χ0v) is 21.0. The van der Waals surface area contributed by atoms with Crippen molar-refractivity contribution in [3.63, 3.8) is 0 Å². The van der Waals surface area contributed by atoms with Crippen LogP contribution in [0.5, 0.6) is 0 Å². The fourth-order valence-electron chi connectivity index (χ4n) is 4.50. The van der Waals surface area contributed by atoms with Gasteiger partial charge in [-0.05, 0) is 30.7 Å². The highest BCUT2D eigenvalue weighted by molar-refractivity contribution is 6.85. The summed E-state index contributed by atoms with van der Waals surface area (Å²) in [6.45, 7) is 4.71. The third-order valence-electron chi connectivity index (χ3n) is 6.38. The summed E-state index contributed by atoms with van der Waals surface area (Å²) in [5, 5.41) is 0. The van der Waals surface area contributed by atoms with Crippen LogP contribution in [0.2, 0.25) is 6.32 Å². The molecule has 0 amide bonds. The van der Waals surface area contributed by atoms with Crippen molar-refractivity contribution < 1.29 is 4.39 Å². The molecule has 0 aliphatic heterocycles. The topological polar surface area (TPSA) is 17.8 Å². The lowest BCUT2D eigenvalue weighted by molar-refractivity contribution is 0.626. The molecular weight excluding hydrogens is 442 g/mol. The summed E-state index contributed by atoms with van der Waals surface area (Å²) in [7, 11) is 0. The second kappa shape index (κ2) is 12.7. The summed E-state index contributed by atoms with van der Waals surface area (Å²) in [6.07, 6.45) is 7.36. The second-order valence-corrected chi connectivity index (χ2v) is 8.96. The van der Waals surface area contributed by atoms with Crippen molar-refractivity contribution in [2.75, 3.05) is 0 Å². The Balaban J connectivity index is 0.000000170. The number of unbranched alkanes of at least 4 members (excludes halogenated alkanes) is 1. The molecule has 2 nitrogen and oxygen atoms in total. The molecule has 0 saturated carbocycles. The minimum Gasteiger partial charge on any atom is -0.299 e. The molecule has 0 radical (unpaired) electrons. The normalized spacial score (nSPS) is 10.4. The minimum atomic E-state index is -0.220. The number of aryl methyl sites for hydroxylation is 1. The van der Waals surface area contributed by atoms with Crippen molar-refractivity contribution >= 4 is 17.6 Å². The maximum atomic E-state index is 13.2. The van der Waals surface area contributed by atoms with Crippen molar-refractivity contribution in [2.24, 2.45) is 0 Å². The Morgan fingerprint density at radius 3 is 1.92 bits per heavy atom. The smallest absolute Gasteiger partial charge is 0.209 e. The van der Waals surface area contributed by atoms with Crippen molar-refractivity contribution in [1.29, 1.82) is 0 Å². The van der Waals surface area contributed by atoms with Crippen molar-refractivity contribution in [2.45, 2.75) is 33.0 Å². The Morgan fingerprint density at radius 1 is 0.778 bits per heavy atom. The highest BCUT2D eigenvalue weighted by atomic mass is 19.1. The monoisotopic (exact) mass is 474 g/mol. The first-order chi connectivity index (χ1) is 17.7. The first-order valence-electron chi connectivity index (χ1n) is 12.6. The highest BCUT2D eigenvalue weighted by Crippen LogP contribution is 2.24. The Morgan fingerprint density at radius 2 is 1.36 bits per heavy atom. The van der Waals surface area contributed by atoms with Gasteiger partial charge in [0, 0.05) is 5.56 Å². The van der Waals surface area contributed by atoms with E-state index in [1.165, 1.54) is 42.2 Å². The molecule has 0 bridgehead atoms. The van der Waals surface area contributed by atoms with Gasteiger partial charge in [-0.25, -0.2) is 9.37 Å². The van der Waals surface area contributed by atoms with Gasteiger partial charge in [0.05, 0.1) is 23.9 Å². The summed E-state index contributed by atoms with van der Waals surface area (Å²) in [5.74, 6) is -0.220. The average molecular weight is 474 g/mol. The standard InChI is InChI=1S/C16H19B.C16H13FN2/c1-2-3-14-17(15-10-6-4-7-11-15)16-12-8-5-9-13-16;1-12-9-14(17)7-8-15(12)19-11-18-10-16(19)13-5-3-2-4-6-13/h4-13H,2-3,14H2,1H3;2-11H,1H3. The van der Waals surface area contributed by atoms with E-state index in [-0.39, 0.29) is 5.82 Å². The lowest BCUT2D eigenvalue weighted by Crippen LogP contribution is -2.41. The van der Waals surface area contributed by atoms with Gasteiger partial charge in [0.25, 0.3) is 0 Å². The number of halogens is 1. The Hall–Kier alpha value is -3.92. The van der Waals surface area contributed by atoms with Crippen LogP contribution >= 0.6 is 0 Å². The van der Waals surface area contributed by atoms with Crippen LogP contribution in [0.15, 0.2) is 122 Å². The molecule has 180 valence electrons. The average Bonchev–Trinajstić information content (AvgIpc) is 3.41. The van der Waals surface area contributed by atoms with Gasteiger partial charge in [-0.3, -0.25) is 4.57 Å². The van der Waals surface area contributed by atoms with Crippen LogP contribution in [-0.2, 0) is 0 Å². The van der Waals surface area contributed by atoms with Crippen LogP contribution in [0.3, 0.4) is 0 Å². The van der Waals surface area contributed by atoms with E-state index < -0.39 is 0 Å². The van der Waals surface area contributed by atoms with E-state index in [0.29, 0.717) is 6.71 Å². The summed E-state index contributed by atoms with van der Waals surface area (Å²) < 4.78 is 15.2. The molecule has 0 atom stereocenters. The quantitative estimate of drug-likeness (QED) is 0.231. The molecular formula is C32H32BFN2. The summed E-state index contributed by atoms with van der Waals surface area (Å²) in [6, 6.07) is 36.5. The van der Waals surface area contributed by atoms with E-state index in [4.69, 9.17) is 0 Å². The molecule has 0 N–H and O–H groups in total. The lowest BCUT2D eigenvalue weighted by atomic mass is 9.38. The Labute approximate surface area is 214 Å². The predicted molar refractivity (Wildman–Crippen MR) is 151 cm³/mol. The van der Waals surface area contributed by atoms with Crippen LogP contribution < -0.4 is 10.9 Å². The maximum absolute atomic E-state index is 13.2. The predicted octanol–water partition coefficient (Wildman–Crippen LogP) is 7.08. The summed E-state index contributed by atoms with van der Waals surface area (Å²) in [4.78, 5) is 4.21. The van der Waals surface area contributed by atoms with Crippen LogP contribution in [0, 0.1) is 12.7 Å². The molecule has 0 fully saturated rings. The number of aromatic nitrogens is 2. The molecule has 0 unspecified atom stereocenters. The van der Waals surface area contributed by atoms with Gasteiger partial charge >= 0.3 is 0 Å². The molecule has 0 saturated heterocycles. The summed E-state index contributed by atoms with van der Waals surface area (Å²) >= 11 is 0. The van der Waals surface area contributed by atoms with E-state index in [1.54, 1.807) is 12.4 Å². The molecule has 4 heteroatoms. The number of rotatable bonds is 7. The first kappa shape index (κ1) is 25.2. The highest BCUT2D eigenvalue weighted by Gasteiger charge is 2.17. The third-order valence-corrected chi connectivity index (χ3v) is 6.38.